The fourth-order valence-corrected chi connectivity index (χ4v) is 4.13. The number of rotatable bonds is 4. The largest absolute Gasteiger partial charge is 0.311 e. The van der Waals surface area contributed by atoms with E-state index in [-0.39, 0.29) is 17.6 Å². The van der Waals surface area contributed by atoms with Crippen molar-refractivity contribution < 1.29 is 8.42 Å². The second-order valence-corrected chi connectivity index (χ2v) is 7.12. The number of hydrogen-bond acceptors (Lipinski definition) is 3. The summed E-state index contributed by atoms with van der Waals surface area (Å²) in [6.45, 7) is 4.57. The van der Waals surface area contributed by atoms with Gasteiger partial charge in [-0.3, -0.25) is 0 Å². The Morgan fingerprint density at radius 3 is 2.59 bits per heavy atom. The SMILES string of the molecule is CC(C)NS(=O)(=O)NC1CCNC2(CCC2)C1. The second kappa shape index (κ2) is 4.84. The summed E-state index contributed by atoms with van der Waals surface area (Å²) in [6.07, 6.45) is 5.43. The third-order valence-electron chi connectivity index (χ3n) is 3.65. The fraction of sp³-hybridized carbons (Fsp3) is 1.00. The Labute approximate surface area is 104 Å². The van der Waals surface area contributed by atoms with E-state index in [2.05, 4.69) is 14.8 Å². The van der Waals surface area contributed by atoms with E-state index in [1.807, 2.05) is 13.8 Å². The van der Waals surface area contributed by atoms with Crippen molar-refractivity contribution in [1.29, 1.82) is 0 Å². The predicted octanol–water partition coefficient (Wildman–Crippen LogP) is 0.494. The molecule has 100 valence electrons. The van der Waals surface area contributed by atoms with Crippen molar-refractivity contribution in [2.75, 3.05) is 6.54 Å². The molecule has 17 heavy (non-hydrogen) atoms. The third-order valence-corrected chi connectivity index (χ3v) is 5.08. The molecule has 2 fully saturated rings. The van der Waals surface area contributed by atoms with E-state index in [1.165, 1.54) is 19.3 Å². The zero-order valence-corrected chi connectivity index (χ0v) is 11.4. The van der Waals surface area contributed by atoms with Crippen LogP contribution in [0.3, 0.4) is 0 Å². The third kappa shape index (κ3) is 3.40. The zero-order valence-electron chi connectivity index (χ0n) is 10.6. The molecule has 0 aromatic carbocycles. The normalized spacial score (nSPS) is 28.3. The van der Waals surface area contributed by atoms with Gasteiger partial charge in [0.2, 0.25) is 0 Å². The molecule has 0 radical (unpaired) electrons. The van der Waals surface area contributed by atoms with Crippen LogP contribution in [0, 0.1) is 0 Å². The Kier molecular flexibility index (Phi) is 3.77. The Hall–Kier alpha value is -0.170. The number of piperidine rings is 1. The molecule has 3 N–H and O–H groups in total. The monoisotopic (exact) mass is 261 g/mol. The highest BCUT2D eigenvalue weighted by atomic mass is 32.2. The van der Waals surface area contributed by atoms with Crippen LogP contribution < -0.4 is 14.8 Å². The van der Waals surface area contributed by atoms with Gasteiger partial charge in [0.1, 0.15) is 0 Å². The average molecular weight is 261 g/mol. The van der Waals surface area contributed by atoms with Gasteiger partial charge in [0, 0.05) is 17.6 Å². The van der Waals surface area contributed by atoms with E-state index in [0.29, 0.717) is 0 Å². The maximum atomic E-state index is 11.8. The summed E-state index contributed by atoms with van der Waals surface area (Å²) in [5.74, 6) is 0. The Morgan fingerprint density at radius 2 is 2.06 bits per heavy atom. The minimum absolute atomic E-state index is 0.0631. The van der Waals surface area contributed by atoms with Gasteiger partial charge in [0.05, 0.1) is 0 Å². The minimum Gasteiger partial charge on any atom is -0.311 e. The quantitative estimate of drug-likeness (QED) is 0.690. The molecule has 1 aliphatic carbocycles. The van der Waals surface area contributed by atoms with Crippen LogP contribution in [0.15, 0.2) is 0 Å². The maximum absolute atomic E-state index is 11.8. The van der Waals surface area contributed by atoms with Crippen molar-refractivity contribution in [2.45, 2.75) is 63.6 Å². The first-order valence-electron chi connectivity index (χ1n) is 6.45. The van der Waals surface area contributed by atoms with E-state index in [4.69, 9.17) is 0 Å². The van der Waals surface area contributed by atoms with Crippen molar-refractivity contribution in [3.05, 3.63) is 0 Å². The van der Waals surface area contributed by atoms with Crippen molar-refractivity contribution in [3.63, 3.8) is 0 Å². The van der Waals surface area contributed by atoms with Gasteiger partial charge in [0.25, 0.3) is 10.2 Å². The molecule has 1 heterocycles. The molecule has 0 aromatic rings. The van der Waals surface area contributed by atoms with Crippen LogP contribution in [0.5, 0.6) is 0 Å². The molecule has 1 atom stereocenters. The number of nitrogens with one attached hydrogen (secondary N) is 3. The van der Waals surface area contributed by atoms with Crippen molar-refractivity contribution >= 4 is 10.2 Å². The van der Waals surface area contributed by atoms with E-state index >= 15 is 0 Å². The maximum Gasteiger partial charge on any atom is 0.277 e. The first kappa shape index (κ1) is 13.3. The van der Waals surface area contributed by atoms with Gasteiger partial charge in [-0.15, -0.1) is 0 Å². The lowest BCUT2D eigenvalue weighted by molar-refractivity contribution is 0.126. The van der Waals surface area contributed by atoms with Crippen molar-refractivity contribution in [2.24, 2.45) is 0 Å². The summed E-state index contributed by atoms with van der Waals surface area (Å²) >= 11 is 0. The van der Waals surface area contributed by atoms with Gasteiger partial charge in [-0.1, -0.05) is 0 Å². The van der Waals surface area contributed by atoms with Crippen LogP contribution in [0.2, 0.25) is 0 Å². The minimum atomic E-state index is -3.34. The summed E-state index contributed by atoms with van der Waals surface area (Å²) < 4.78 is 28.9. The van der Waals surface area contributed by atoms with Crippen LogP contribution in [0.1, 0.15) is 46.0 Å². The summed E-state index contributed by atoms with van der Waals surface area (Å²) in [4.78, 5) is 0. The molecule has 1 unspecified atom stereocenters. The molecule has 0 bridgehead atoms. The summed E-state index contributed by atoms with van der Waals surface area (Å²) in [7, 11) is -3.34. The lowest BCUT2D eigenvalue weighted by Gasteiger charge is -2.48. The smallest absolute Gasteiger partial charge is 0.277 e. The molecule has 1 aliphatic heterocycles. The molecule has 1 saturated heterocycles. The van der Waals surface area contributed by atoms with Crippen LogP contribution in [-0.2, 0) is 10.2 Å². The van der Waals surface area contributed by atoms with Gasteiger partial charge in [-0.2, -0.15) is 17.9 Å². The standard InChI is InChI=1S/C11H23N3O2S/c1-9(2)13-17(15,16)14-10-4-7-12-11(8-10)5-3-6-11/h9-10,12-14H,3-8H2,1-2H3. The molecule has 2 aliphatic rings. The molecule has 6 heteroatoms. The lowest BCUT2D eigenvalue weighted by Crippen LogP contribution is -2.60. The topological polar surface area (TPSA) is 70.2 Å². The van der Waals surface area contributed by atoms with Crippen LogP contribution in [0.4, 0.5) is 0 Å². The molecular weight excluding hydrogens is 238 g/mol. The van der Waals surface area contributed by atoms with Crippen molar-refractivity contribution in [3.8, 4) is 0 Å². The molecular formula is C11H23N3O2S. The van der Waals surface area contributed by atoms with E-state index in [9.17, 15) is 8.42 Å². The van der Waals surface area contributed by atoms with Crippen LogP contribution in [-0.4, -0.2) is 32.6 Å². The highest BCUT2D eigenvalue weighted by Gasteiger charge is 2.41. The highest BCUT2D eigenvalue weighted by molar-refractivity contribution is 7.87. The van der Waals surface area contributed by atoms with Gasteiger partial charge < -0.3 is 5.32 Å². The lowest BCUT2D eigenvalue weighted by atomic mass is 9.70. The van der Waals surface area contributed by atoms with Gasteiger partial charge in [-0.25, -0.2) is 0 Å². The van der Waals surface area contributed by atoms with Gasteiger partial charge in [-0.05, 0) is 52.5 Å². The van der Waals surface area contributed by atoms with Crippen molar-refractivity contribution in [1.82, 2.24) is 14.8 Å². The van der Waals surface area contributed by atoms with Gasteiger partial charge in [0.15, 0.2) is 0 Å². The Morgan fingerprint density at radius 1 is 1.35 bits per heavy atom. The van der Waals surface area contributed by atoms with E-state index < -0.39 is 10.2 Å². The fourth-order valence-electron chi connectivity index (χ4n) is 2.81. The summed E-state index contributed by atoms with van der Waals surface area (Å²) in [5.41, 5.74) is 0.225. The summed E-state index contributed by atoms with van der Waals surface area (Å²) in [6, 6.07) is 0.0136. The Balaban J connectivity index is 1.90. The first-order valence-corrected chi connectivity index (χ1v) is 7.94. The van der Waals surface area contributed by atoms with Crippen LogP contribution >= 0.6 is 0 Å². The second-order valence-electron chi connectivity index (χ2n) is 5.64. The molecule has 0 amide bonds. The molecule has 5 nitrogen and oxygen atoms in total. The zero-order chi connectivity index (χ0) is 12.5. The molecule has 1 spiro atoms. The molecule has 0 aromatic heterocycles. The van der Waals surface area contributed by atoms with Crippen LogP contribution in [0.25, 0.3) is 0 Å². The summed E-state index contributed by atoms with van der Waals surface area (Å²) in [5, 5.41) is 3.53. The molecule has 1 saturated carbocycles. The van der Waals surface area contributed by atoms with E-state index in [1.54, 1.807) is 0 Å². The van der Waals surface area contributed by atoms with Gasteiger partial charge >= 0.3 is 0 Å². The highest BCUT2D eigenvalue weighted by Crippen LogP contribution is 2.38. The predicted molar refractivity (Wildman–Crippen MR) is 67.9 cm³/mol. The van der Waals surface area contributed by atoms with E-state index in [0.717, 1.165) is 19.4 Å². The first-order chi connectivity index (χ1) is 7.91. The number of hydrogen-bond donors (Lipinski definition) is 3. The Bertz CT molecular complexity index is 363. The average Bonchev–Trinajstić information content (AvgIpc) is 2.12. The molecule has 2 rings (SSSR count).